The maximum atomic E-state index is 15.2. The van der Waals surface area contributed by atoms with Crippen LogP contribution in [0.2, 0.25) is 10.0 Å². The third-order valence-corrected chi connectivity index (χ3v) is 10.9. The van der Waals surface area contributed by atoms with Crippen LogP contribution in [0, 0.1) is 29.5 Å². The van der Waals surface area contributed by atoms with Crippen molar-refractivity contribution in [1.29, 1.82) is 0 Å². The largest absolute Gasteiger partial charge is 0.505 e. The van der Waals surface area contributed by atoms with Crippen LogP contribution in [0.15, 0.2) is 66.4 Å². The molecule has 2 saturated heterocycles. The van der Waals surface area contributed by atoms with E-state index in [0.29, 0.717) is 39.9 Å². The highest BCUT2D eigenvalue weighted by molar-refractivity contribution is 6.33. The summed E-state index contributed by atoms with van der Waals surface area (Å²) in [6, 6.07) is 10.4. The fraction of sp³-hybridized carbons (Fsp3) is 0.343. The van der Waals surface area contributed by atoms with Crippen LogP contribution >= 0.6 is 23.2 Å². The van der Waals surface area contributed by atoms with Gasteiger partial charge in [-0.05, 0) is 66.6 Å². The fourth-order valence-corrected chi connectivity index (χ4v) is 8.70. The molecule has 3 fully saturated rings. The Kier molecular flexibility index (Phi) is 8.21. The summed E-state index contributed by atoms with van der Waals surface area (Å²) in [5, 5.41) is 10.6. The molecule has 0 radical (unpaired) electrons. The molecule has 15 heteroatoms. The third-order valence-electron chi connectivity index (χ3n) is 10.4. The fourth-order valence-electron chi connectivity index (χ4n) is 8.37. The van der Waals surface area contributed by atoms with Crippen molar-refractivity contribution in [2.24, 2.45) is 23.7 Å². The molecule has 4 aliphatic rings. The number of carbonyl (C=O) groups is 4. The zero-order valence-corrected chi connectivity index (χ0v) is 27.7. The topological polar surface area (TPSA) is 120 Å². The molecule has 0 spiro atoms. The number of aromatic hydroxyl groups is 1. The SMILES string of the molecule is CCCN1C(=O)[C@H]2[C@H](CC=C3[C@H]2C[C@H]2C(=O)N(Nc4ncc(C(F)(F)F)cc4Cl)C(=O)[C@@]2(c2ccc(Cl)cc2)[C@H]3c2ccc(O)c(F)c2)C1=O. The number of phenols is 1. The number of nitrogens with zero attached hydrogens (tertiary/aromatic N) is 3. The molecular formula is C35H28Cl2F4N4O5. The van der Waals surface area contributed by atoms with Gasteiger partial charge in [0.15, 0.2) is 17.4 Å². The van der Waals surface area contributed by atoms with E-state index in [-0.39, 0.29) is 36.8 Å². The van der Waals surface area contributed by atoms with Crippen LogP contribution in [0.5, 0.6) is 5.75 Å². The normalized spacial score (nSPS) is 27.7. The average Bonchev–Trinajstić information content (AvgIpc) is 3.44. The Bertz CT molecular complexity index is 1990. The highest BCUT2D eigenvalue weighted by Gasteiger charge is 2.70. The lowest BCUT2D eigenvalue weighted by atomic mass is 9.49. The predicted molar refractivity (Wildman–Crippen MR) is 172 cm³/mol. The van der Waals surface area contributed by atoms with E-state index in [0.717, 1.165) is 12.1 Å². The smallest absolute Gasteiger partial charge is 0.417 e. The molecular weight excluding hydrogens is 703 g/mol. The summed E-state index contributed by atoms with van der Waals surface area (Å²) in [4.78, 5) is 62.0. The van der Waals surface area contributed by atoms with Crippen LogP contribution in [-0.4, -0.2) is 50.2 Å². The van der Waals surface area contributed by atoms with Gasteiger partial charge in [0.05, 0.1) is 33.8 Å². The second kappa shape index (κ2) is 12.1. The quantitative estimate of drug-likeness (QED) is 0.166. The average molecular weight is 732 g/mol. The molecule has 2 N–H and O–H groups in total. The molecule has 7 rings (SSSR count). The number of amides is 4. The first kappa shape index (κ1) is 34.0. The number of hydrazine groups is 1. The number of aromatic nitrogens is 1. The maximum absolute atomic E-state index is 15.2. The number of alkyl halides is 3. The molecule has 1 saturated carbocycles. The molecule has 1 aromatic heterocycles. The molecule has 260 valence electrons. The molecule has 3 heterocycles. The van der Waals surface area contributed by atoms with Crippen molar-refractivity contribution in [1.82, 2.24) is 14.9 Å². The minimum atomic E-state index is -4.76. The van der Waals surface area contributed by atoms with Crippen molar-refractivity contribution in [2.75, 3.05) is 12.0 Å². The highest BCUT2D eigenvalue weighted by Crippen LogP contribution is 2.64. The number of anilines is 1. The molecule has 4 amide bonds. The lowest BCUT2D eigenvalue weighted by molar-refractivity contribution is -0.141. The molecule has 50 heavy (non-hydrogen) atoms. The number of hydrogen-bond donors (Lipinski definition) is 2. The van der Waals surface area contributed by atoms with Gasteiger partial charge in [0.25, 0.3) is 11.8 Å². The van der Waals surface area contributed by atoms with E-state index in [4.69, 9.17) is 23.2 Å². The molecule has 0 bridgehead atoms. The number of likely N-dealkylation sites (tertiary alicyclic amines) is 1. The van der Waals surface area contributed by atoms with Gasteiger partial charge in [-0.25, -0.2) is 9.37 Å². The summed E-state index contributed by atoms with van der Waals surface area (Å²) in [6.45, 7) is 2.05. The van der Waals surface area contributed by atoms with Crippen LogP contribution in [0.3, 0.4) is 0 Å². The van der Waals surface area contributed by atoms with Gasteiger partial charge in [0.1, 0.15) is 0 Å². The van der Waals surface area contributed by atoms with Gasteiger partial charge in [-0.3, -0.25) is 29.5 Å². The summed E-state index contributed by atoms with van der Waals surface area (Å²) in [5.74, 6) is -8.99. The Morgan fingerprint density at radius 1 is 1.00 bits per heavy atom. The number of phenolic OH excluding ortho intramolecular Hbond substituents is 1. The first-order valence-electron chi connectivity index (χ1n) is 15.9. The number of fused-ring (bicyclic) bond motifs is 4. The van der Waals surface area contributed by atoms with Crippen molar-refractivity contribution in [2.45, 2.75) is 43.7 Å². The van der Waals surface area contributed by atoms with Crippen LogP contribution in [0.25, 0.3) is 0 Å². The summed E-state index contributed by atoms with van der Waals surface area (Å²) < 4.78 is 55.3. The van der Waals surface area contributed by atoms with Crippen LogP contribution in [0.1, 0.15) is 48.8 Å². The second-order valence-corrected chi connectivity index (χ2v) is 13.8. The van der Waals surface area contributed by atoms with Crippen molar-refractivity contribution in [3.8, 4) is 5.75 Å². The first-order valence-corrected chi connectivity index (χ1v) is 16.6. The molecule has 3 aromatic rings. The van der Waals surface area contributed by atoms with Crippen molar-refractivity contribution in [3.05, 3.63) is 98.9 Å². The van der Waals surface area contributed by atoms with Gasteiger partial charge >= 0.3 is 6.18 Å². The van der Waals surface area contributed by atoms with Crippen LogP contribution in [0.4, 0.5) is 23.4 Å². The second-order valence-electron chi connectivity index (χ2n) is 13.0. The van der Waals surface area contributed by atoms with E-state index >= 15 is 9.18 Å². The number of hydrogen-bond acceptors (Lipinski definition) is 7. The van der Waals surface area contributed by atoms with Gasteiger partial charge in [0, 0.05) is 23.7 Å². The Balaban J connectivity index is 1.43. The molecule has 2 aromatic carbocycles. The van der Waals surface area contributed by atoms with Gasteiger partial charge < -0.3 is 5.11 Å². The van der Waals surface area contributed by atoms with Crippen LogP contribution < -0.4 is 5.43 Å². The number of benzene rings is 2. The number of allylic oxidation sites excluding steroid dienone is 2. The predicted octanol–water partition coefficient (Wildman–Crippen LogP) is 6.65. The number of halogens is 6. The monoisotopic (exact) mass is 730 g/mol. The third kappa shape index (κ3) is 4.99. The summed E-state index contributed by atoms with van der Waals surface area (Å²) in [6.07, 6.45) is -1.83. The number of carbonyl (C=O) groups excluding carboxylic acids is 4. The minimum absolute atomic E-state index is 0.0669. The first-order chi connectivity index (χ1) is 23.7. The lowest BCUT2D eigenvalue weighted by Crippen LogP contribution is -2.53. The zero-order valence-electron chi connectivity index (χ0n) is 26.2. The van der Waals surface area contributed by atoms with Crippen molar-refractivity contribution >= 4 is 52.6 Å². The molecule has 2 aliphatic heterocycles. The standard InChI is InChI=1S/C35H28Cl2F4N4O5/c1-2-11-44-30(47)21-9-8-20-22(27(21)32(44)49)14-23-31(48)45(43-29-24(37)13-18(15-42-29)35(39,40)41)33(50)34(23,17-4-6-19(36)7-5-17)28(20)16-3-10-26(46)25(38)12-16/h3-8,10,12-13,15,21-23,27-28,46H,2,9,11,14H2,1H3,(H,42,43)/t21-,22+,23-,27-,28-,34+/m0/s1. The van der Waals surface area contributed by atoms with Gasteiger partial charge in [-0.1, -0.05) is 60.0 Å². The van der Waals surface area contributed by atoms with Gasteiger partial charge in [-0.15, -0.1) is 0 Å². The van der Waals surface area contributed by atoms with Crippen molar-refractivity contribution in [3.63, 3.8) is 0 Å². The Hall–Kier alpha value is -4.49. The number of pyridine rings is 1. The van der Waals surface area contributed by atoms with E-state index in [2.05, 4.69) is 10.4 Å². The van der Waals surface area contributed by atoms with Crippen LogP contribution in [-0.2, 0) is 30.8 Å². The van der Waals surface area contributed by atoms with Gasteiger partial charge in [0.2, 0.25) is 11.8 Å². The Labute approximate surface area is 292 Å². The van der Waals surface area contributed by atoms with E-state index < -0.39 is 81.0 Å². The molecule has 9 nitrogen and oxygen atoms in total. The highest BCUT2D eigenvalue weighted by atomic mass is 35.5. The Morgan fingerprint density at radius 3 is 2.36 bits per heavy atom. The Morgan fingerprint density at radius 2 is 1.72 bits per heavy atom. The number of imide groups is 2. The summed E-state index contributed by atoms with van der Waals surface area (Å²) in [7, 11) is 0. The zero-order chi connectivity index (χ0) is 35.9. The lowest BCUT2D eigenvalue weighted by Gasteiger charge is -2.50. The minimum Gasteiger partial charge on any atom is -0.505 e. The van der Waals surface area contributed by atoms with E-state index in [1.165, 1.54) is 23.1 Å². The summed E-state index contributed by atoms with van der Waals surface area (Å²) >= 11 is 12.4. The number of rotatable bonds is 6. The van der Waals surface area contributed by atoms with Crippen molar-refractivity contribution < 1.29 is 41.8 Å². The molecule has 6 atom stereocenters. The molecule has 0 unspecified atom stereocenters. The summed E-state index contributed by atoms with van der Waals surface area (Å²) in [5.41, 5.74) is 0.665. The van der Waals surface area contributed by atoms with E-state index in [9.17, 15) is 32.7 Å². The van der Waals surface area contributed by atoms with Gasteiger partial charge in [-0.2, -0.15) is 18.2 Å². The molecule has 2 aliphatic carbocycles. The maximum Gasteiger partial charge on any atom is 0.417 e. The van der Waals surface area contributed by atoms with E-state index in [1.807, 2.05) is 6.92 Å². The number of nitrogens with one attached hydrogen (secondary N) is 1. The van der Waals surface area contributed by atoms with E-state index in [1.54, 1.807) is 18.2 Å².